The maximum atomic E-state index is 10.8. The van der Waals surface area contributed by atoms with Gasteiger partial charge in [0.1, 0.15) is 5.52 Å². The van der Waals surface area contributed by atoms with E-state index in [1.807, 2.05) is 0 Å². The van der Waals surface area contributed by atoms with Crippen molar-refractivity contribution in [3.05, 3.63) is 28.0 Å². The molecule has 0 aliphatic carbocycles. The molecule has 0 saturated carbocycles. The second-order valence-electron chi connectivity index (χ2n) is 2.09. The van der Waals surface area contributed by atoms with Crippen LogP contribution in [0.25, 0.3) is 11.2 Å². The zero-order chi connectivity index (χ0) is 8.55. The van der Waals surface area contributed by atoms with Crippen molar-refractivity contribution < 1.29 is 0 Å². The summed E-state index contributed by atoms with van der Waals surface area (Å²) in [6, 6.07) is 0. The Kier molecular flexibility index (Phi) is 1.51. The van der Waals surface area contributed by atoms with E-state index in [0.29, 0.717) is 11.2 Å². The lowest BCUT2D eigenvalue weighted by molar-refractivity contribution is 1.08. The fourth-order valence-corrected chi connectivity index (χ4v) is 1.07. The monoisotopic (exact) mass is 182 g/mol. The molecule has 0 radical (unpaired) electrons. The van der Waals surface area contributed by atoms with Crippen molar-refractivity contribution in [1.29, 1.82) is 0 Å². The molecule has 2 aromatic heterocycles. The number of rotatable bonds is 0. The van der Waals surface area contributed by atoms with Crippen LogP contribution < -0.4 is 5.69 Å². The van der Waals surface area contributed by atoms with E-state index in [-0.39, 0.29) is 5.15 Å². The summed E-state index contributed by atoms with van der Waals surface area (Å²) in [5.41, 5.74) is 0.231. The number of nitrogens with zero attached hydrogens (tertiary/aromatic N) is 3. The highest BCUT2D eigenvalue weighted by Crippen LogP contribution is 2.11. The van der Waals surface area contributed by atoms with Gasteiger partial charge in [0.2, 0.25) is 0 Å². The molecular weight excluding hydrogens is 180 g/mol. The molecule has 2 heterocycles. The SMILES string of the molecule is O=c1nc(Cl)c2nccnc2[nH]1. The van der Waals surface area contributed by atoms with Crippen LogP contribution in [0.3, 0.4) is 0 Å². The summed E-state index contributed by atoms with van der Waals surface area (Å²) < 4.78 is 0. The van der Waals surface area contributed by atoms with Gasteiger partial charge in [0.25, 0.3) is 0 Å². The summed E-state index contributed by atoms with van der Waals surface area (Å²) in [6.07, 6.45) is 2.95. The first-order valence-corrected chi connectivity index (χ1v) is 3.52. The van der Waals surface area contributed by atoms with Crippen molar-refractivity contribution >= 4 is 22.8 Å². The third kappa shape index (κ3) is 1.04. The van der Waals surface area contributed by atoms with Gasteiger partial charge in [-0.25, -0.2) is 14.8 Å². The highest BCUT2D eigenvalue weighted by molar-refractivity contribution is 6.33. The molecule has 0 spiro atoms. The van der Waals surface area contributed by atoms with Gasteiger partial charge in [-0.1, -0.05) is 11.6 Å². The Balaban J connectivity index is 2.99. The first-order chi connectivity index (χ1) is 5.77. The fraction of sp³-hybridized carbons (Fsp3) is 0. The smallest absolute Gasteiger partial charge is 0.288 e. The lowest BCUT2D eigenvalue weighted by atomic mass is 10.5. The summed E-state index contributed by atoms with van der Waals surface area (Å²) in [5.74, 6) is 0. The number of hydrogen-bond donors (Lipinski definition) is 1. The van der Waals surface area contributed by atoms with Crippen LogP contribution in [0.5, 0.6) is 0 Å². The average Bonchev–Trinajstić information content (AvgIpc) is 2.04. The molecular formula is C6H3ClN4O. The molecule has 0 aromatic carbocycles. The highest BCUT2D eigenvalue weighted by atomic mass is 35.5. The van der Waals surface area contributed by atoms with Crippen LogP contribution in [0, 0.1) is 0 Å². The predicted molar refractivity (Wildman–Crippen MR) is 43.0 cm³/mol. The van der Waals surface area contributed by atoms with Crippen LogP contribution in [-0.4, -0.2) is 19.9 Å². The zero-order valence-electron chi connectivity index (χ0n) is 5.78. The highest BCUT2D eigenvalue weighted by Gasteiger charge is 2.02. The van der Waals surface area contributed by atoms with Crippen LogP contribution >= 0.6 is 11.6 Å². The number of fused-ring (bicyclic) bond motifs is 1. The Morgan fingerprint density at radius 3 is 2.92 bits per heavy atom. The topological polar surface area (TPSA) is 71.5 Å². The fourth-order valence-electron chi connectivity index (χ4n) is 0.852. The molecule has 0 unspecified atom stereocenters. The molecule has 60 valence electrons. The molecule has 12 heavy (non-hydrogen) atoms. The molecule has 0 aliphatic rings. The molecule has 2 rings (SSSR count). The van der Waals surface area contributed by atoms with E-state index in [2.05, 4.69) is 19.9 Å². The second kappa shape index (κ2) is 2.53. The molecule has 6 heteroatoms. The minimum atomic E-state index is -0.520. The standard InChI is InChI=1S/C6H3ClN4O/c7-4-3-5(9-2-1-8-3)11-6(12)10-4/h1-2H,(H,9,10,11,12). The summed E-state index contributed by atoms with van der Waals surface area (Å²) in [7, 11) is 0. The van der Waals surface area contributed by atoms with Crippen LogP contribution in [-0.2, 0) is 0 Å². The van der Waals surface area contributed by atoms with E-state index in [1.165, 1.54) is 12.4 Å². The van der Waals surface area contributed by atoms with E-state index < -0.39 is 5.69 Å². The van der Waals surface area contributed by atoms with Gasteiger partial charge in [0.05, 0.1) is 0 Å². The van der Waals surface area contributed by atoms with Crippen molar-refractivity contribution in [2.24, 2.45) is 0 Å². The number of aromatic amines is 1. The molecule has 2 aromatic rings. The normalized spacial score (nSPS) is 10.4. The van der Waals surface area contributed by atoms with E-state index in [4.69, 9.17) is 11.6 Å². The molecule has 0 atom stereocenters. The van der Waals surface area contributed by atoms with Crippen LogP contribution in [0.2, 0.25) is 5.15 Å². The van der Waals surface area contributed by atoms with Crippen LogP contribution in [0.15, 0.2) is 17.2 Å². The van der Waals surface area contributed by atoms with Gasteiger partial charge in [0, 0.05) is 12.4 Å². The molecule has 0 amide bonds. The average molecular weight is 183 g/mol. The molecule has 5 nitrogen and oxygen atoms in total. The third-order valence-corrected chi connectivity index (χ3v) is 1.58. The zero-order valence-corrected chi connectivity index (χ0v) is 6.54. The molecule has 0 aliphatic heterocycles. The predicted octanol–water partition coefficient (Wildman–Crippen LogP) is 0.366. The second-order valence-corrected chi connectivity index (χ2v) is 2.44. The van der Waals surface area contributed by atoms with Gasteiger partial charge in [-0.05, 0) is 0 Å². The van der Waals surface area contributed by atoms with E-state index in [0.717, 1.165) is 0 Å². The lowest BCUT2D eigenvalue weighted by Gasteiger charge is -1.94. The summed E-state index contributed by atoms with van der Waals surface area (Å²) in [5, 5.41) is 0.0712. The Bertz CT molecular complexity index is 480. The molecule has 0 saturated heterocycles. The van der Waals surface area contributed by atoms with Crippen LogP contribution in [0.4, 0.5) is 0 Å². The Morgan fingerprint density at radius 1 is 1.33 bits per heavy atom. The minimum absolute atomic E-state index is 0.0712. The van der Waals surface area contributed by atoms with Crippen molar-refractivity contribution in [1.82, 2.24) is 19.9 Å². The van der Waals surface area contributed by atoms with E-state index in [9.17, 15) is 4.79 Å². The van der Waals surface area contributed by atoms with Crippen LogP contribution in [0.1, 0.15) is 0 Å². The van der Waals surface area contributed by atoms with Gasteiger partial charge < -0.3 is 0 Å². The quantitative estimate of drug-likeness (QED) is 0.598. The lowest BCUT2D eigenvalue weighted by Crippen LogP contribution is -2.11. The number of nitrogens with one attached hydrogen (secondary N) is 1. The first kappa shape index (κ1) is 7.17. The van der Waals surface area contributed by atoms with Gasteiger partial charge in [-0.3, -0.25) is 4.98 Å². The van der Waals surface area contributed by atoms with Crippen molar-refractivity contribution in [3.63, 3.8) is 0 Å². The maximum Gasteiger partial charge on any atom is 0.348 e. The van der Waals surface area contributed by atoms with E-state index in [1.54, 1.807) is 0 Å². The van der Waals surface area contributed by atoms with Gasteiger partial charge in [0.15, 0.2) is 10.8 Å². The Morgan fingerprint density at radius 2 is 2.08 bits per heavy atom. The first-order valence-electron chi connectivity index (χ1n) is 3.14. The van der Waals surface area contributed by atoms with Gasteiger partial charge >= 0.3 is 5.69 Å². The summed E-state index contributed by atoms with van der Waals surface area (Å²) >= 11 is 5.63. The minimum Gasteiger partial charge on any atom is -0.288 e. The Hall–Kier alpha value is -1.49. The molecule has 0 bridgehead atoms. The number of hydrogen-bond acceptors (Lipinski definition) is 4. The summed E-state index contributed by atoms with van der Waals surface area (Å²) in [4.78, 5) is 24.4. The Labute approximate surface area is 71.5 Å². The largest absolute Gasteiger partial charge is 0.348 e. The van der Waals surface area contributed by atoms with Crippen molar-refractivity contribution in [2.45, 2.75) is 0 Å². The molecule has 1 N–H and O–H groups in total. The number of halogens is 1. The third-order valence-electron chi connectivity index (χ3n) is 1.32. The van der Waals surface area contributed by atoms with Gasteiger partial charge in [-0.15, -0.1) is 0 Å². The number of aromatic nitrogens is 4. The van der Waals surface area contributed by atoms with Crippen molar-refractivity contribution in [2.75, 3.05) is 0 Å². The number of H-pyrrole nitrogens is 1. The van der Waals surface area contributed by atoms with E-state index >= 15 is 0 Å². The molecule has 0 fully saturated rings. The van der Waals surface area contributed by atoms with Crippen molar-refractivity contribution in [3.8, 4) is 0 Å². The maximum absolute atomic E-state index is 10.8. The van der Waals surface area contributed by atoms with Gasteiger partial charge in [-0.2, -0.15) is 4.98 Å². The summed E-state index contributed by atoms with van der Waals surface area (Å²) in [6.45, 7) is 0.